The molecule has 0 spiro atoms. The van der Waals surface area contributed by atoms with Crippen molar-refractivity contribution in [3.05, 3.63) is 35.9 Å². The van der Waals surface area contributed by atoms with E-state index >= 15 is 0 Å². The van der Waals surface area contributed by atoms with E-state index in [9.17, 15) is 19.1 Å². The van der Waals surface area contributed by atoms with Gasteiger partial charge in [0, 0.05) is 5.92 Å². The summed E-state index contributed by atoms with van der Waals surface area (Å²) in [6, 6.07) is 8.26. The summed E-state index contributed by atoms with van der Waals surface area (Å²) >= 11 is 0. The summed E-state index contributed by atoms with van der Waals surface area (Å²) in [6.45, 7) is 5.30. The van der Waals surface area contributed by atoms with Crippen LogP contribution in [0.25, 0.3) is 0 Å². The monoisotopic (exact) mass is 421 g/mol. The molecular formula is C19H33ClNO5P. The summed E-state index contributed by atoms with van der Waals surface area (Å²) in [5, 5.41) is -1.86. The van der Waals surface area contributed by atoms with Crippen LogP contribution in [-0.4, -0.2) is 27.1 Å². The van der Waals surface area contributed by atoms with Gasteiger partial charge >= 0.3 is 13.6 Å². The van der Waals surface area contributed by atoms with E-state index < -0.39 is 30.9 Å². The van der Waals surface area contributed by atoms with Crippen molar-refractivity contribution in [1.82, 2.24) is 0 Å². The highest BCUT2D eigenvalue weighted by atomic mass is 35.5. The average Bonchev–Trinajstić information content (AvgIpc) is 2.58. The number of rotatable bonds is 11. The van der Waals surface area contributed by atoms with Crippen molar-refractivity contribution in [3.8, 4) is 0 Å². The van der Waals surface area contributed by atoms with Crippen molar-refractivity contribution in [2.24, 2.45) is 11.7 Å². The molecular weight excluding hydrogens is 389 g/mol. The van der Waals surface area contributed by atoms with Crippen LogP contribution in [0.15, 0.2) is 30.3 Å². The molecule has 4 N–H and O–H groups in total. The van der Waals surface area contributed by atoms with Gasteiger partial charge in [0.15, 0.2) is 0 Å². The van der Waals surface area contributed by atoms with E-state index in [1.807, 2.05) is 44.2 Å². The number of halogens is 1. The topological polar surface area (TPSA) is 110 Å². The Balaban J connectivity index is 0.00000676. The molecule has 0 heterocycles. The first-order valence-corrected chi connectivity index (χ1v) is 10.8. The Hall–Kier alpha value is -0.910. The van der Waals surface area contributed by atoms with Gasteiger partial charge in [0.25, 0.3) is 0 Å². The third-order valence-corrected chi connectivity index (χ3v) is 6.40. The Kier molecular flexibility index (Phi) is 11.4. The minimum atomic E-state index is -4.69. The minimum Gasteiger partial charge on any atom is -0.445 e. The third kappa shape index (κ3) is 7.55. The molecule has 0 saturated heterocycles. The van der Waals surface area contributed by atoms with Crippen molar-refractivity contribution in [2.75, 3.05) is 0 Å². The predicted molar refractivity (Wildman–Crippen MR) is 110 cm³/mol. The number of unbranched alkanes of at least 4 members (excludes halogenated alkanes) is 1. The van der Waals surface area contributed by atoms with Crippen molar-refractivity contribution in [3.63, 3.8) is 0 Å². The highest BCUT2D eigenvalue weighted by Gasteiger charge is 2.52. The number of esters is 1. The van der Waals surface area contributed by atoms with E-state index in [0.29, 0.717) is 12.8 Å². The number of hydrogen-bond donors (Lipinski definition) is 3. The number of carbonyl (C=O) groups excluding carboxylic acids is 1. The zero-order valence-corrected chi connectivity index (χ0v) is 18.0. The first-order valence-electron chi connectivity index (χ1n) is 9.23. The molecule has 0 saturated carbocycles. The first-order chi connectivity index (χ1) is 12.2. The molecule has 27 heavy (non-hydrogen) atoms. The zero-order chi connectivity index (χ0) is 19.8. The highest BCUT2D eigenvalue weighted by Crippen LogP contribution is 2.57. The molecule has 0 amide bonds. The molecule has 0 radical (unpaired) electrons. The van der Waals surface area contributed by atoms with Gasteiger partial charge in [-0.05, 0) is 31.7 Å². The lowest BCUT2D eigenvalue weighted by molar-refractivity contribution is -0.158. The molecule has 1 aromatic rings. The average molecular weight is 422 g/mol. The first kappa shape index (κ1) is 26.1. The van der Waals surface area contributed by atoms with Gasteiger partial charge in [-0.25, -0.2) is 0 Å². The van der Waals surface area contributed by atoms with E-state index in [4.69, 9.17) is 10.5 Å². The smallest absolute Gasteiger partial charge is 0.368 e. The molecule has 6 nitrogen and oxygen atoms in total. The van der Waals surface area contributed by atoms with Gasteiger partial charge < -0.3 is 20.3 Å². The highest BCUT2D eigenvalue weighted by molar-refractivity contribution is 7.53. The fourth-order valence-electron chi connectivity index (χ4n) is 3.09. The van der Waals surface area contributed by atoms with Gasteiger partial charge in [-0.15, -0.1) is 12.4 Å². The maximum absolute atomic E-state index is 12.5. The Morgan fingerprint density at radius 1 is 1.19 bits per heavy atom. The van der Waals surface area contributed by atoms with Gasteiger partial charge in [0.2, 0.25) is 5.34 Å². The number of benzene rings is 1. The van der Waals surface area contributed by atoms with Crippen LogP contribution in [0.4, 0.5) is 0 Å². The third-order valence-electron chi connectivity index (χ3n) is 4.79. The molecule has 0 aromatic heterocycles. The van der Waals surface area contributed by atoms with E-state index in [2.05, 4.69) is 0 Å². The Morgan fingerprint density at radius 2 is 1.78 bits per heavy atom. The molecule has 1 aromatic carbocycles. The van der Waals surface area contributed by atoms with Crippen LogP contribution in [0.5, 0.6) is 0 Å². The van der Waals surface area contributed by atoms with Crippen LogP contribution >= 0.6 is 20.0 Å². The second kappa shape index (κ2) is 11.8. The largest absolute Gasteiger partial charge is 0.445 e. The SMILES string of the molecule is CCCCC(CCC)C(C)(OC(=O)[C@@H](N)Cc1ccccc1)P(=O)(O)O.Cl. The molecule has 0 aliphatic rings. The molecule has 0 aliphatic carbocycles. The predicted octanol–water partition coefficient (Wildman–Crippen LogP) is 4.02. The summed E-state index contributed by atoms with van der Waals surface area (Å²) in [5.74, 6) is -1.20. The molecule has 3 atom stereocenters. The fraction of sp³-hybridized carbons (Fsp3) is 0.632. The Morgan fingerprint density at radius 3 is 2.26 bits per heavy atom. The van der Waals surface area contributed by atoms with Gasteiger partial charge in [0.1, 0.15) is 6.04 Å². The number of ether oxygens (including phenoxy) is 1. The molecule has 0 fully saturated rings. The van der Waals surface area contributed by atoms with Crippen molar-refractivity contribution in [1.29, 1.82) is 0 Å². The van der Waals surface area contributed by atoms with Crippen LogP contribution in [0, 0.1) is 5.92 Å². The second-order valence-electron chi connectivity index (χ2n) is 6.94. The summed E-state index contributed by atoms with van der Waals surface area (Å²) in [7, 11) is -4.69. The molecule has 8 heteroatoms. The van der Waals surface area contributed by atoms with Crippen molar-refractivity contribution >= 4 is 26.0 Å². The Labute approximate surface area is 168 Å². The van der Waals surface area contributed by atoms with Gasteiger partial charge in [-0.1, -0.05) is 63.4 Å². The summed E-state index contributed by atoms with van der Waals surface area (Å²) in [5.41, 5.74) is 6.81. The van der Waals surface area contributed by atoms with E-state index in [1.165, 1.54) is 6.92 Å². The maximum atomic E-state index is 12.5. The van der Waals surface area contributed by atoms with Gasteiger partial charge in [-0.2, -0.15) is 0 Å². The Bertz CT molecular complexity index is 609. The van der Waals surface area contributed by atoms with E-state index in [0.717, 1.165) is 24.8 Å². The van der Waals surface area contributed by atoms with Crippen LogP contribution in [0.1, 0.15) is 58.4 Å². The maximum Gasteiger partial charge on any atom is 0.368 e. The van der Waals surface area contributed by atoms with Crippen LogP contribution in [0.2, 0.25) is 0 Å². The van der Waals surface area contributed by atoms with E-state index in [-0.39, 0.29) is 18.8 Å². The standard InChI is InChI=1S/C19H32NO5P.ClH/c1-4-6-13-16(10-5-2)19(3,26(22,23)24)25-18(21)17(20)14-15-11-8-7-9-12-15;/h7-9,11-12,16-17H,4-6,10,13-14,20H2,1-3H3,(H2,22,23,24);1H/t16?,17-,19?;/m0./s1. The van der Waals surface area contributed by atoms with Crippen molar-refractivity contribution < 1.29 is 23.9 Å². The molecule has 156 valence electrons. The van der Waals surface area contributed by atoms with Gasteiger partial charge in [-0.3, -0.25) is 9.36 Å². The lowest BCUT2D eigenvalue weighted by atomic mass is 9.91. The lowest BCUT2D eigenvalue weighted by Crippen LogP contribution is -2.45. The van der Waals surface area contributed by atoms with Crippen LogP contribution in [-0.2, 0) is 20.5 Å². The van der Waals surface area contributed by atoms with E-state index in [1.54, 1.807) is 0 Å². The number of hydrogen-bond acceptors (Lipinski definition) is 4. The molecule has 0 bridgehead atoms. The molecule has 1 rings (SSSR count). The fourth-order valence-corrected chi connectivity index (χ4v) is 4.03. The number of carbonyl (C=O) groups is 1. The minimum absolute atomic E-state index is 0. The normalized spacial score (nSPS) is 15.9. The number of nitrogens with two attached hydrogens (primary N) is 1. The van der Waals surface area contributed by atoms with Gasteiger partial charge in [0.05, 0.1) is 0 Å². The summed E-state index contributed by atoms with van der Waals surface area (Å²) in [4.78, 5) is 32.4. The second-order valence-corrected chi connectivity index (χ2v) is 8.92. The lowest BCUT2D eigenvalue weighted by Gasteiger charge is -2.38. The van der Waals surface area contributed by atoms with Crippen molar-refractivity contribution in [2.45, 2.75) is 70.7 Å². The van der Waals surface area contributed by atoms with Crippen LogP contribution in [0.3, 0.4) is 0 Å². The quantitative estimate of drug-likeness (QED) is 0.367. The zero-order valence-electron chi connectivity index (χ0n) is 16.3. The van der Waals surface area contributed by atoms with Crippen LogP contribution < -0.4 is 5.73 Å². The summed E-state index contributed by atoms with van der Waals surface area (Å²) < 4.78 is 17.6. The summed E-state index contributed by atoms with van der Waals surface area (Å²) in [6.07, 6.45) is 3.88. The molecule has 0 aliphatic heterocycles. The molecule has 2 unspecified atom stereocenters.